The SMILES string of the molecule is NN(C(=O)c1ccccn1)c1ccncc1. The normalized spacial score (nSPS) is 9.81. The first kappa shape index (κ1) is 10.3. The molecule has 0 aliphatic heterocycles. The Kier molecular flexibility index (Phi) is 2.88. The van der Waals surface area contributed by atoms with Crippen LogP contribution in [0.4, 0.5) is 5.69 Å². The number of carbonyl (C=O) groups excluding carboxylic acids is 1. The van der Waals surface area contributed by atoms with Crippen LogP contribution >= 0.6 is 0 Å². The standard InChI is InChI=1S/C11H10N4O/c12-15(9-4-7-13-8-5-9)11(16)10-3-1-2-6-14-10/h1-8H,12H2. The van der Waals surface area contributed by atoms with Crippen LogP contribution in [0.3, 0.4) is 0 Å². The zero-order valence-corrected chi connectivity index (χ0v) is 8.45. The van der Waals surface area contributed by atoms with Gasteiger partial charge in [-0.1, -0.05) is 6.07 Å². The minimum Gasteiger partial charge on any atom is -0.265 e. The molecule has 0 aliphatic carbocycles. The first-order valence-corrected chi connectivity index (χ1v) is 4.69. The van der Waals surface area contributed by atoms with Gasteiger partial charge in [0.1, 0.15) is 5.69 Å². The molecule has 0 saturated carbocycles. The van der Waals surface area contributed by atoms with Gasteiger partial charge in [-0.05, 0) is 24.3 Å². The number of hydrogen-bond acceptors (Lipinski definition) is 4. The van der Waals surface area contributed by atoms with Crippen LogP contribution in [0.25, 0.3) is 0 Å². The van der Waals surface area contributed by atoms with Gasteiger partial charge in [-0.2, -0.15) is 0 Å². The van der Waals surface area contributed by atoms with Crippen molar-refractivity contribution in [1.82, 2.24) is 9.97 Å². The molecule has 0 saturated heterocycles. The van der Waals surface area contributed by atoms with E-state index in [1.54, 1.807) is 48.9 Å². The van der Waals surface area contributed by atoms with Crippen molar-refractivity contribution in [2.45, 2.75) is 0 Å². The van der Waals surface area contributed by atoms with Crippen LogP contribution in [0.1, 0.15) is 10.5 Å². The van der Waals surface area contributed by atoms with E-state index in [0.717, 1.165) is 5.01 Å². The van der Waals surface area contributed by atoms with Crippen molar-refractivity contribution in [3.8, 4) is 0 Å². The van der Waals surface area contributed by atoms with Crippen molar-refractivity contribution in [1.29, 1.82) is 0 Å². The largest absolute Gasteiger partial charge is 0.291 e. The number of rotatable bonds is 2. The molecule has 0 aromatic carbocycles. The van der Waals surface area contributed by atoms with Crippen molar-refractivity contribution in [2.75, 3.05) is 5.01 Å². The Bertz CT molecular complexity index is 472. The smallest absolute Gasteiger partial charge is 0.265 e. The number of nitrogens with two attached hydrogens (primary N) is 1. The summed E-state index contributed by atoms with van der Waals surface area (Å²) in [5.41, 5.74) is 0.882. The molecule has 5 nitrogen and oxygen atoms in total. The number of hydrogen-bond donors (Lipinski definition) is 1. The molecule has 0 radical (unpaired) electrons. The molecule has 80 valence electrons. The molecule has 0 bridgehead atoms. The lowest BCUT2D eigenvalue weighted by Crippen LogP contribution is -2.37. The number of hydrazine groups is 1. The van der Waals surface area contributed by atoms with Gasteiger partial charge in [0.15, 0.2) is 0 Å². The molecule has 2 aromatic rings. The van der Waals surface area contributed by atoms with Gasteiger partial charge in [-0.3, -0.25) is 14.8 Å². The monoisotopic (exact) mass is 214 g/mol. The molecule has 0 unspecified atom stereocenters. The Labute approximate surface area is 92.5 Å². The molecule has 0 fully saturated rings. The van der Waals surface area contributed by atoms with Gasteiger partial charge in [-0.15, -0.1) is 0 Å². The molecule has 2 aromatic heterocycles. The Morgan fingerprint density at radius 1 is 1.12 bits per heavy atom. The van der Waals surface area contributed by atoms with Crippen LogP contribution in [0.2, 0.25) is 0 Å². The van der Waals surface area contributed by atoms with Gasteiger partial charge in [-0.25, -0.2) is 10.9 Å². The fourth-order valence-electron chi connectivity index (χ4n) is 1.23. The summed E-state index contributed by atoms with van der Waals surface area (Å²) >= 11 is 0. The van der Waals surface area contributed by atoms with Crippen LogP contribution in [0, 0.1) is 0 Å². The quantitative estimate of drug-likeness (QED) is 0.460. The van der Waals surface area contributed by atoms with Crippen molar-refractivity contribution >= 4 is 11.6 Å². The van der Waals surface area contributed by atoms with E-state index in [9.17, 15) is 4.79 Å². The maximum atomic E-state index is 11.9. The second-order valence-corrected chi connectivity index (χ2v) is 3.10. The Balaban J connectivity index is 2.24. The number of carbonyl (C=O) groups is 1. The minimum atomic E-state index is -0.355. The summed E-state index contributed by atoms with van der Waals surface area (Å²) in [6.45, 7) is 0. The van der Waals surface area contributed by atoms with E-state index in [4.69, 9.17) is 5.84 Å². The lowest BCUT2D eigenvalue weighted by molar-refractivity contribution is 0.0982. The predicted molar refractivity (Wildman–Crippen MR) is 59.5 cm³/mol. The second-order valence-electron chi connectivity index (χ2n) is 3.10. The van der Waals surface area contributed by atoms with Crippen LogP contribution in [0.15, 0.2) is 48.9 Å². The van der Waals surface area contributed by atoms with Crippen molar-refractivity contribution in [3.05, 3.63) is 54.6 Å². The molecule has 1 amide bonds. The highest BCUT2D eigenvalue weighted by Gasteiger charge is 2.14. The van der Waals surface area contributed by atoms with Crippen LogP contribution in [0.5, 0.6) is 0 Å². The van der Waals surface area contributed by atoms with E-state index in [1.165, 1.54) is 0 Å². The molecule has 2 heterocycles. The van der Waals surface area contributed by atoms with E-state index in [1.807, 2.05) is 0 Å². The van der Waals surface area contributed by atoms with Gasteiger partial charge in [0, 0.05) is 18.6 Å². The van der Waals surface area contributed by atoms with Gasteiger partial charge < -0.3 is 0 Å². The van der Waals surface area contributed by atoms with Crippen LogP contribution < -0.4 is 10.9 Å². The number of anilines is 1. The summed E-state index contributed by atoms with van der Waals surface area (Å²) in [5.74, 6) is 5.33. The first-order chi connectivity index (χ1) is 7.79. The lowest BCUT2D eigenvalue weighted by atomic mass is 10.3. The summed E-state index contributed by atoms with van der Waals surface area (Å²) in [7, 11) is 0. The van der Waals surface area contributed by atoms with Gasteiger partial charge in [0.25, 0.3) is 5.91 Å². The molecule has 0 spiro atoms. The van der Waals surface area contributed by atoms with E-state index < -0.39 is 0 Å². The van der Waals surface area contributed by atoms with Crippen molar-refractivity contribution in [3.63, 3.8) is 0 Å². The number of amides is 1. The molecule has 2 rings (SSSR count). The number of aromatic nitrogens is 2. The van der Waals surface area contributed by atoms with Crippen molar-refractivity contribution in [2.24, 2.45) is 5.84 Å². The highest BCUT2D eigenvalue weighted by Crippen LogP contribution is 2.10. The Morgan fingerprint density at radius 3 is 2.50 bits per heavy atom. The second kappa shape index (κ2) is 4.50. The molecule has 0 aliphatic rings. The number of nitrogens with zero attached hydrogens (tertiary/aromatic N) is 3. The average Bonchev–Trinajstić information content (AvgIpc) is 2.39. The molecule has 16 heavy (non-hydrogen) atoms. The minimum absolute atomic E-state index is 0.307. The van der Waals surface area contributed by atoms with E-state index in [-0.39, 0.29) is 5.91 Å². The third kappa shape index (κ3) is 2.04. The van der Waals surface area contributed by atoms with E-state index >= 15 is 0 Å². The summed E-state index contributed by atoms with van der Waals surface area (Å²) in [6, 6.07) is 8.40. The van der Waals surface area contributed by atoms with Crippen molar-refractivity contribution < 1.29 is 4.79 Å². The van der Waals surface area contributed by atoms with Gasteiger partial charge >= 0.3 is 0 Å². The fourth-order valence-corrected chi connectivity index (χ4v) is 1.23. The van der Waals surface area contributed by atoms with Crippen LogP contribution in [-0.2, 0) is 0 Å². The first-order valence-electron chi connectivity index (χ1n) is 4.69. The maximum absolute atomic E-state index is 11.9. The third-order valence-corrected chi connectivity index (χ3v) is 2.04. The molecular formula is C11H10N4O. The van der Waals surface area contributed by atoms with E-state index in [2.05, 4.69) is 9.97 Å². The van der Waals surface area contributed by atoms with Crippen LogP contribution in [-0.4, -0.2) is 15.9 Å². The summed E-state index contributed by atoms with van der Waals surface area (Å²) < 4.78 is 0. The highest BCUT2D eigenvalue weighted by molar-refractivity contribution is 6.03. The molecule has 5 heteroatoms. The molecular weight excluding hydrogens is 204 g/mol. The molecule has 0 atom stereocenters. The zero-order valence-electron chi connectivity index (χ0n) is 8.45. The zero-order chi connectivity index (χ0) is 11.4. The summed E-state index contributed by atoms with van der Waals surface area (Å²) in [5, 5.41) is 1.05. The topological polar surface area (TPSA) is 72.1 Å². The lowest BCUT2D eigenvalue weighted by Gasteiger charge is -2.15. The van der Waals surface area contributed by atoms with E-state index in [0.29, 0.717) is 11.4 Å². The maximum Gasteiger partial charge on any atom is 0.291 e. The van der Waals surface area contributed by atoms with Gasteiger partial charge in [0.05, 0.1) is 5.69 Å². The molecule has 2 N–H and O–H groups in total. The highest BCUT2D eigenvalue weighted by atomic mass is 16.2. The van der Waals surface area contributed by atoms with Gasteiger partial charge in [0.2, 0.25) is 0 Å². The summed E-state index contributed by atoms with van der Waals surface area (Å²) in [6.07, 6.45) is 4.69. The third-order valence-electron chi connectivity index (χ3n) is 2.04. The Morgan fingerprint density at radius 2 is 1.88 bits per heavy atom. The Hall–Kier alpha value is -2.27. The fraction of sp³-hybridized carbons (Fsp3) is 0. The summed E-state index contributed by atoms with van der Waals surface area (Å²) in [4.78, 5) is 19.7. The predicted octanol–water partition coefficient (Wildman–Crippen LogP) is 0.997. The number of pyridine rings is 2. The average molecular weight is 214 g/mol.